The van der Waals surface area contributed by atoms with E-state index in [0.717, 1.165) is 33.7 Å². The molecule has 0 aliphatic carbocycles. The largest absolute Gasteiger partial charge is 0.492 e. The maximum absolute atomic E-state index is 10.8. The fourth-order valence-corrected chi connectivity index (χ4v) is 3.26. The minimum atomic E-state index is 0. The third-order valence-corrected chi connectivity index (χ3v) is 4.45. The van der Waals surface area contributed by atoms with Gasteiger partial charge in [0.1, 0.15) is 5.70 Å². The Balaban J connectivity index is 0.00000168. The van der Waals surface area contributed by atoms with Gasteiger partial charge in [0.05, 0.1) is 28.3 Å². The van der Waals surface area contributed by atoms with Crippen molar-refractivity contribution in [2.75, 3.05) is 10.0 Å². The highest BCUT2D eigenvalue weighted by Crippen LogP contribution is 2.39. The smallest absolute Gasteiger partial charge is 0.235 e. The molecule has 0 saturated carbocycles. The van der Waals surface area contributed by atoms with Gasteiger partial charge in [0.15, 0.2) is 0 Å². The molecule has 5 rings (SSSR count). The number of hydrogen-bond donors (Lipinski definition) is 2. The summed E-state index contributed by atoms with van der Waals surface area (Å²) in [5.74, 6) is 0.124. The number of para-hydroxylation sites is 2. The summed E-state index contributed by atoms with van der Waals surface area (Å²) in [4.78, 5) is 8.94. The summed E-state index contributed by atoms with van der Waals surface area (Å²) < 4.78 is 0. The van der Waals surface area contributed by atoms with Crippen LogP contribution in [0.3, 0.4) is 0 Å². The third kappa shape index (κ3) is 2.22. The predicted molar refractivity (Wildman–Crippen MR) is 102 cm³/mol. The molecule has 0 atom stereocenters. The minimum Gasteiger partial charge on any atom is -0.492 e. The molecule has 0 saturated heterocycles. The number of pyridine rings is 1. The van der Waals surface area contributed by atoms with Crippen LogP contribution in [0, 0.1) is 0 Å². The van der Waals surface area contributed by atoms with Crippen molar-refractivity contribution >= 4 is 33.7 Å². The van der Waals surface area contributed by atoms with E-state index in [9.17, 15) is 5.11 Å². The lowest BCUT2D eigenvalue weighted by molar-refractivity contribution is 0.389. The SMILES string of the molecule is CC1=Nc2ccccc2N2NN(c3ccc4ncccc4c3)C(O)=C12.O. The Labute approximate surface area is 149 Å². The lowest BCUT2D eigenvalue weighted by Crippen LogP contribution is -2.43. The number of rotatable bonds is 1. The van der Waals surface area contributed by atoms with E-state index in [-0.39, 0.29) is 11.4 Å². The van der Waals surface area contributed by atoms with Crippen molar-refractivity contribution in [1.29, 1.82) is 0 Å². The molecule has 2 aliphatic heterocycles. The molecule has 0 fully saturated rings. The van der Waals surface area contributed by atoms with Gasteiger partial charge in [-0.05, 0) is 43.3 Å². The van der Waals surface area contributed by atoms with Crippen LogP contribution in [-0.2, 0) is 0 Å². The van der Waals surface area contributed by atoms with Crippen LogP contribution >= 0.6 is 0 Å². The molecule has 2 aliphatic rings. The summed E-state index contributed by atoms with van der Waals surface area (Å²) in [5.41, 5.74) is 8.18. The zero-order valence-electron chi connectivity index (χ0n) is 14.0. The van der Waals surface area contributed by atoms with Crippen molar-refractivity contribution in [3.05, 3.63) is 72.4 Å². The number of aliphatic hydroxyl groups is 1. The van der Waals surface area contributed by atoms with Gasteiger partial charge in [-0.3, -0.25) is 4.98 Å². The topological polar surface area (TPSA) is 95.5 Å². The Kier molecular flexibility index (Phi) is 3.61. The summed E-state index contributed by atoms with van der Waals surface area (Å²) in [6.45, 7) is 1.89. The number of hydrogen-bond acceptors (Lipinski definition) is 6. The van der Waals surface area contributed by atoms with Crippen molar-refractivity contribution in [2.45, 2.75) is 6.92 Å². The van der Waals surface area contributed by atoms with Crippen molar-refractivity contribution in [1.82, 2.24) is 10.5 Å². The molecule has 7 heteroatoms. The van der Waals surface area contributed by atoms with E-state index >= 15 is 0 Å². The van der Waals surface area contributed by atoms with E-state index in [4.69, 9.17) is 0 Å². The molecule has 0 amide bonds. The van der Waals surface area contributed by atoms with Gasteiger partial charge in [0, 0.05) is 11.6 Å². The number of aliphatic hydroxyl groups excluding tert-OH is 1. The van der Waals surface area contributed by atoms with E-state index in [1.807, 2.05) is 66.5 Å². The van der Waals surface area contributed by atoms with Gasteiger partial charge in [-0.25, -0.2) is 15.0 Å². The van der Waals surface area contributed by atoms with Crippen LogP contribution in [0.25, 0.3) is 10.9 Å². The summed E-state index contributed by atoms with van der Waals surface area (Å²) in [6, 6.07) is 17.6. The van der Waals surface area contributed by atoms with Crippen molar-refractivity contribution < 1.29 is 10.6 Å². The molecular formula is C19H17N5O2. The molecule has 1 aromatic heterocycles. The molecule has 7 nitrogen and oxygen atoms in total. The molecule has 4 N–H and O–H groups in total. The van der Waals surface area contributed by atoms with E-state index in [1.165, 1.54) is 0 Å². The molecule has 3 heterocycles. The first-order valence-electron chi connectivity index (χ1n) is 8.01. The molecule has 0 bridgehead atoms. The number of hydrazine groups is 2. The highest BCUT2D eigenvalue weighted by Gasteiger charge is 2.36. The molecular weight excluding hydrogens is 330 g/mol. The lowest BCUT2D eigenvalue weighted by atomic mass is 10.1. The van der Waals surface area contributed by atoms with Crippen LogP contribution < -0.4 is 15.6 Å². The quantitative estimate of drug-likeness (QED) is 0.705. The zero-order valence-corrected chi connectivity index (χ0v) is 14.0. The highest BCUT2D eigenvalue weighted by atomic mass is 16.3. The number of aromatic nitrogens is 1. The van der Waals surface area contributed by atoms with Gasteiger partial charge in [0.25, 0.3) is 0 Å². The Morgan fingerprint density at radius 3 is 2.73 bits per heavy atom. The Hall–Kier alpha value is -3.42. The normalized spacial score (nSPS) is 15.5. The second kappa shape index (κ2) is 5.83. The number of allylic oxidation sites excluding steroid dienone is 1. The zero-order chi connectivity index (χ0) is 17.0. The van der Waals surface area contributed by atoms with Crippen molar-refractivity contribution in [2.24, 2.45) is 4.99 Å². The summed E-state index contributed by atoms with van der Waals surface area (Å²) in [5, 5.41) is 15.3. The van der Waals surface area contributed by atoms with Gasteiger partial charge in [-0.15, -0.1) is 5.53 Å². The summed E-state index contributed by atoms with van der Waals surface area (Å²) >= 11 is 0. The van der Waals surface area contributed by atoms with Gasteiger partial charge in [0.2, 0.25) is 5.88 Å². The first-order valence-corrected chi connectivity index (χ1v) is 8.01. The average Bonchev–Trinajstić information content (AvgIpc) is 3.00. The number of nitrogens with zero attached hydrogens (tertiary/aromatic N) is 4. The van der Waals surface area contributed by atoms with E-state index < -0.39 is 0 Å². The molecule has 2 aromatic carbocycles. The van der Waals surface area contributed by atoms with Crippen LogP contribution in [0.4, 0.5) is 17.1 Å². The highest BCUT2D eigenvalue weighted by molar-refractivity contribution is 6.08. The number of aliphatic imine (C=N–C) groups is 1. The number of benzene rings is 2. The van der Waals surface area contributed by atoms with Crippen LogP contribution in [0.5, 0.6) is 0 Å². The monoisotopic (exact) mass is 347 g/mol. The molecule has 26 heavy (non-hydrogen) atoms. The fourth-order valence-electron chi connectivity index (χ4n) is 3.26. The Bertz CT molecular complexity index is 1080. The van der Waals surface area contributed by atoms with Crippen LogP contribution in [0.2, 0.25) is 0 Å². The Morgan fingerprint density at radius 1 is 1.00 bits per heavy atom. The summed E-state index contributed by atoms with van der Waals surface area (Å²) in [6.07, 6.45) is 1.77. The summed E-state index contributed by atoms with van der Waals surface area (Å²) in [7, 11) is 0. The maximum atomic E-state index is 10.8. The maximum Gasteiger partial charge on any atom is 0.235 e. The van der Waals surface area contributed by atoms with Crippen LogP contribution in [-0.4, -0.2) is 21.3 Å². The molecule has 0 spiro atoms. The number of anilines is 2. The van der Waals surface area contributed by atoms with Crippen LogP contribution in [0.15, 0.2) is 77.4 Å². The van der Waals surface area contributed by atoms with Crippen molar-refractivity contribution in [3.63, 3.8) is 0 Å². The van der Waals surface area contributed by atoms with Crippen LogP contribution in [0.1, 0.15) is 6.92 Å². The molecule has 3 aromatic rings. The molecule has 130 valence electrons. The average molecular weight is 347 g/mol. The standard InChI is InChI=1S/C19H15N5O.H2O/c1-12-18-19(25)23(14-8-9-15-13(11-14)5-4-10-20-15)22-24(18)17-7-3-2-6-16(17)21-12;/h2-11,22,25H,1H3;1H2. The number of fused-ring (bicyclic) bond motifs is 4. The van der Waals surface area contributed by atoms with Crippen molar-refractivity contribution in [3.8, 4) is 0 Å². The first-order chi connectivity index (χ1) is 12.2. The fraction of sp³-hybridized carbons (Fsp3) is 0.0526. The van der Waals surface area contributed by atoms with Gasteiger partial charge < -0.3 is 10.6 Å². The van der Waals surface area contributed by atoms with E-state index in [1.54, 1.807) is 11.2 Å². The second-order valence-corrected chi connectivity index (χ2v) is 6.01. The number of nitrogens with one attached hydrogen (secondary N) is 1. The van der Waals surface area contributed by atoms with Gasteiger partial charge >= 0.3 is 0 Å². The van der Waals surface area contributed by atoms with Gasteiger partial charge in [-0.1, -0.05) is 18.2 Å². The third-order valence-electron chi connectivity index (χ3n) is 4.45. The molecule has 0 unspecified atom stereocenters. The first kappa shape index (κ1) is 16.1. The van der Waals surface area contributed by atoms with E-state index in [0.29, 0.717) is 5.70 Å². The molecule has 0 radical (unpaired) electrons. The second-order valence-electron chi connectivity index (χ2n) is 6.01. The van der Waals surface area contributed by atoms with E-state index in [2.05, 4.69) is 15.5 Å². The predicted octanol–water partition coefficient (Wildman–Crippen LogP) is 2.99. The lowest BCUT2D eigenvalue weighted by Gasteiger charge is -2.27. The van der Waals surface area contributed by atoms with Gasteiger partial charge in [-0.2, -0.15) is 0 Å². The Morgan fingerprint density at radius 2 is 1.85 bits per heavy atom. The minimum absolute atomic E-state index is 0.